The summed E-state index contributed by atoms with van der Waals surface area (Å²) < 4.78 is 18.8. The van der Waals surface area contributed by atoms with E-state index in [0.29, 0.717) is 58.1 Å². The minimum atomic E-state index is -1.44. The number of carbonyl (C=O) groups excluding carboxylic acids is 2. The third-order valence-electron chi connectivity index (χ3n) is 7.39. The fraction of sp³-hybridized carbons (Fsp3) is 0.121. The van der Waals surface area contributed by atoms with Gasteiger partial charge in [0.05, 0.1) is 22.4 Å². The van der Waals surface area contributed by atoms with E-state index in [2.05, 4.69) is 16.2 Å². The molecule has 0 atom stereocenters. The average Bonchev–Trinajstić information content (AvgIpc) is 3.54. The summed E-state index contributed by atoms with van der Waals surface area (Å²) >= 11 is 1.42. The van der Waals surface area contributed by atoms with Crippen LogP contribution in [0.2, 0.25) is 0 Å². The molecule has 3 heterocycles. The van der Waals surface area contributed by atoms with Crippen LogP contribution in [0.5, 0.6) is 28.7 Å². The molecule has 0 aliphatic carbocycles. The first kappa shape index (κ1) is 26.4. The molecule has 4 aromatic carbocycles. The summed E-state index contributed by atoms with van der Waals surface area (Å²) in [7, 11) is 0. The van der Waals surface area contributed by atoms with Crippen molar-refractivity contribution < 1.29 is 34.0 Å². The first-order chi connectivity index (χ1) is 20.9. The van der Waals surface area contributed by atoms with Gasteiger partial charge in [-0.2, -0.15) is 0 Å². The van der Waals surface area contributed by atoms with Gasteiger partial charge in [0.1, 0.15) is 28.7 Å². The molecule has 10 heteroatoms. The molecule has 3 N–H and O–H groups in total. The highest BCUT2D eigenvalue weighted by molar-refractivity contribution is 7.19. The standard InChI is InChI=1S/C33H22N2O7S/c1-2-30-35-26-11-7-21(17-29(26)43-30)40-13-3-12-34-31(38)18-4-8-22-25(14-18)33(42-32(22)39)23-9-5-19(36)15-27(23)41-28-16-20(37)6-10-24(28)33/h1,4-11,14-17,36-37H,3,12-13H2,(H,34,38). The van der Waals surface area contributed by atoms with Gasteiger partial charge in [-0.25, -0.2) is 9.78 Å². The topological polar surface area (TPSA) is 127 Å². The highest BCUT2D eigenvalue weighted by atomic mass is 32.1. The van der Waals surface area contributed by atoms with E-state index in [9.17, 15) is 19.8 Å². The van der Waals surface area contributed by atoms with Crippen molar-refractivity contribution in [3.05, 3.63) is 106 Å². The lowest BCUT2D eigenvalue weighted by Crippen LogP contribution is -2.33. The number of nitrogens with one attached hydrogen (secondary N) is 1. The molecule has 0 unspecified atom stereocenters. The Morgan fingerprint density at radius 2 is 1.72 bits per heavy atom. The Bertz CT molecular complexity index is 1960. The minimum absolute atomic E-state index is 0.0405. The molecule has 7 rings (SSSR count). The number of phenols is 2. The highest BCUT2D eigenvalue weighted by Crippen LogP contribution is 2.57. The lowest BCUT2D eigenvalue weighted by molar-refractivity contribution is 0.0224. The van der Waals surface area contributed by atoms with Crippen LogP contribution in [0.15, 0.2) is 72.8 Å². The minimum Gasteiger partial charge on any atom is -0.508 e. The number of aromatic hydroxyl groups is 2. The molecule has 0 saturated carbocycles. The summed E-state index contributed by atoms with van der Waals surface area (Å²) in [4.78, 5) is 30.7. The van der Waals surface area contributed by atoms with Crippen molar-refractivity contribution in [3.8, 4) is 41.1 Å². The van der Waals surface area contributed by atoms with E-state index in [1.165, 1.54) is 35.6 Å². The monoisotopic (exact) mass is 590 g/mol. The number of benzene rings is 4. The SMILES string of the molecule is C#Cc1nc2ccc(OCCCNC(=O)c3ccc4c(c3)C3(OC4=O)c4ccc(O)cc4Oc4cc(O)ccc43)cc2s1. The van der Waals surface area contributed by atoms with E-state index in [1.54, 1.807) is 30.3 Å². The molecule has 43 heavy (non-hydrogen) atoms. The Morgan fingerprint density at radius 1 is 0.977 bits per heavy atom. The Balaban J connectivity index is 1.11. The van der Waals surface area contributed by atoms with Crippen molar-refractivity contribution in [3.63, 3.8) is 0 Å². The van der Waals surface area contributed by atoms with Gasteiger partial charge in [-0.3, -0.25) is 4.79 Å². The van der Waals surface area contributed by atoms with Crippen LogP contribution in [0.1, 0.15) is 48.8 Å². The van der Waals surface area contributed by atoms with E-state index in [1.807, 2.05) is 18.2 Å². The number of ether oxygens (including phenoxy) is 3. The first-order valence-electron chi connectivity index (χ1n) is 13.4. The molecule has 212 valence electrons. The van der Waals surface area contributed by atoms with Crippen LogP contribution >= 0.6 is 11.3 Å². The lowest BCUT2D eigenvalue weighted by atomic mass is 9.77. The first-order valence-corrected chi connectivity index (χ1v) is 14.2. The van der Waals surface area contributed by atoms with Crippen LogP contribution in [-0.2, 0) is 10.3 Å². The van der Waals surface area contributed by atoms with Crippen LogP contribution in [0.4, 0.5) is 0 Å². The maximum Gasteiger partial charge on any atom is 0.340 e. The van der Waals surface area contributed by atoms with Gasteiger partial charge in [0.2, 0.25) is 0 Å². The maximum absolute atomic E-state index is 13.2. The largest absolute Gasteiger partial charge is 0.508 e. The zero-order valence-corrected chi connectivity index (χ0v) is 23.2. The quantitative estimate of drug-likeness (QED) is 0.135. The van der Waals surface area contributed by atoms with Gasteiger partial charge in [-0.1, -0.05) is 0 Å². The number of terminal acetylenes is 1. The van der Waals surface area contributed by atoms with Crippen molar-refractivity contribution in [2.75, 3.05) is 13.2 Å². The molecule has 2 aliphatic heterocycles. The van der Waals surface area contributed by atoms with E-state index >= 15 is 0 Å². The maximum atomic E-state index is 13.2. The fourth-order valence-corrected chi connectivity index (χ4v) is 6.27. The van der Waals surface area contributed by atoms with Crippen LogP contribution < -0.4 is 14.8 Å². The van der Waals surface area contributed by atoms with Crippen LogP contribution in [0, 0.1) is 12.3 Å². The van der Waals surface area contributed by atoms with Gasteiger partial charge >= 0.3 is 5.97 Å². The van der Waals surface area contributed by atoms with Crippen molar-refractivity contribution in [1.29, 1.82) is 0 Å². The Hall–Kier alpha value is -5.53. The number of thiazole rings is 1. The van der Waals surface area contributed by atoms with E-state index in [-0.39, 0.29) is 28.9 Å². The molecule has 1 spiro atoms. The summed E-state index contributed by atoms with van der Waals surface area (Å²) in [5.41, 5.74) is 1.45. The summed E-state index contributed by atoms with van der Waals surface area (Å²) in [6.07, 6.45) is 6.00. The second-order valence-corrected chi connectivity index (χ2v) is 11.1. The van der Waals surface area contributed by atoms with Crippen LogP contribution in [-0.4, -0.2) is 40.2 Å². The number of amides is 1. The number of hydrogen-bond donors (Lipinski definition) is 3. The number of hydrogen-bond acceptors (Lipinski definition) is 9. The summed E-state index contributed by atoms with van der Waals surface area (Å²) in [5.74, 6) is 2.79. The third kappa shape index (κ3) is 4.38. The Labute approximate surface area is 249 Å². The number of rotatable bonds is 6. The number of carbonyl (C=O) groups is 2. The molecule has 2 aliphatic rings. The van der Waals surface area contributed by atoms with E-state index in [0.717, 1.165) is 10.2 Å². The predicted molar refractivity (Wildman–Crippen MR) is 158 cm³/mol. The number of phenolic OH excluding ortho intramolecular Hbond substituents is 2. The molecule has 0 fully saturated rings. The summed E-state index contributed by atoms with van der Waals surface area (Å²) in [6.45, 7) is 0.744. The summed E-state index contributed by atoms with van der Waals surface area (Å²) in [5, 5.41) is 23.8. The highest BCUT2D eigenvalue weighted by Gasteiger charge is 2.53. The zero-order valence-electron chi connectivity index (χ0n) is 22.4. The number of nitrogens with zero attached hydrogens (tertiary/aromatic N) is 1. The van der Waals surface area contributed by atoms with Gasteiger partial charge in [-0.05, 0) is 73.0 Å². The number of aromatic nitrogens is 1. The van der Waals surface area contributed by atoms with Gasteiger partial charge in [0.25, 0.3) is 5.91 Å². The van der Waals surface area contributed by atoms with Gasteiger partial charge < -0.3 is 29.7 Å². The van der Waals surface area contributed by atoms with Crippen molar-refractivity contribution >= 4 is 33.4 Å². The zero-order chi connectivity index (χ0) is 29.7. The molecule has 1 aromatic heterocycles. The normalized spacial score (nSPS) is 13.8. The molecule has 1 amide bonds. The summed E-state index contributed by atoms with van der Waals surface area (Å²) in [6, 6.07) is 19.4. The third-order valence-corrected chi connectivity index (χ3v) is 8.34. The average molecular weight is 591 g/mol. The fourth-order valence-electron chi connectivity index (χ4n) is 5.46. The van der Waals surface area contributed by atoms with Crippen molar-refractivity contribution in [1.82, 2.24) is 10.3 Å². The van der Waals surface area contributed by atoms with Gasteiger partial charge in [-0.15, -0.1) is 17.8 Å². The molecule has 0 saturated heterocycles. The molecule has 5 aromatic rings. The van der Waals surface area contributed by atoms with Gasteiger partial charge in [0, 0.05) is 40.9 Å². The second-order valence-electron chi connectivity index (χ2n) is 10.0. The molecule has 0 bridgehead atoms. The molecule has 0 radical (unpaired) electrons. The van der Waals surface area contributed by atoms with Crippen molar-refractivity contribution in [2.45, 2.75) is 12.0 Å². The smallest absolute Gasteiger partial charge is 0.340 e. The predicted octanol–water partition coefficient (Wildman–Crippen LogP) is 5.46. The number of esters is 1. The second kappa shape index (κ2) is 10.1. The number of fused-ring (bicyclic) bond motifs is 7. The van der Waals surface area contributed by atoms with Crippen molar-refractivity contribution in [2.24, 2.45) is 0 Å². The van der Waals surface area contributed by atoms with Crippen LogP contribution in [0.3, 0.4) is 0 Å². The Kier molecular flexibility index (Phi) is 6.18. The molecular formula is C33H22N2O7S. The molecule has 9 nitrogen and oxygen atoms in total. The van der Waals surface area contributed by atoms with E-state index in [4.69, 9.17) is 20.6 Å². The van der Waals surface area contributed by atoms with E-state index < -0.39 is 11.6 Å². The van der Waals surface area contributed by atoms with Gasteiger partial charge in [0.15, 0.2) is 10.6 Å². The van der Waals surface area contributed by atoms with Crippen LogP contribution in [0.25, 0.3) is 10.2 Å². The molecular weight excluding hydrogens is 568 g/mol. The Morgan fingerprint density at radius 3 is 2.44 bits per heavy atom. The lowest BCUT2D eigenvalue weighted by Gasteiger charge is -2.36.